The minimum atomic E-state index is -1.05. The van der Waals surface area contributed by atoms with Crippen LogP contribution in [0, 0.1) is 0 Å². The molecule has 1 aromatic heterocycles. The van der Waals surface area contributed by atoms with Crippen LogP contribution in [0.25, 0.3) is 0 Å². The molecule has 1 heterocycles. The zero-order valence-electron chi connectivity index (χ0n) is 7.80. The summed E-state index contributed by atoms with van der Waals surface area (Å²) in [6.45, 7) is 2.77. The van der Waals surface area contributed by atoms with E-state index in [9.17, 15) is 9.59 Å². The molecule has 0 bridgehead atoms. The Morgan fingerprint density at radius 1 is 1.64 bits per heavy atom. The summed E-state index contributed by atoms with van der Waals surface area (Å²) in [7, 11) is 0. The van der Waals surface area contributed by atoms with Crippen molar-refractivity contribution in [1.82, 2.24) is 4.98 Å². The van der Waals surface area contributed by atoms with E-state index in [-0.39, 0.29) is 5.91 Å². The van der Waals surface area contributed by atoms with Crippen molar-refractivity contribution < 1.29 is 14.7 Å². The van der Waals surface area contributed by atoms with Crippen LogP contribution in [0.3, 0.4) is 0 Å². The Morgan fingerprint density at radius 2 is 2.29 bits per heavy atom. The van der Waals surface area contributed by atoms with Crippen molar-refractivity contribution in [3.05, 3.63) is 10.9 Å². The lowest BCUT2D eigenvalue weighted by Gasteiger charge is -2.22. The Labute approximate surface area is 85.0 Å². The van der Waals surface area contributed by atoms with Gasteiger partial charge in [0.15, 0.2) is 0 Å². The summed E-state index contributed by atoms with van der Waals surface area (Å²) in [6, 6.07) is -0.894. The Kier molecular flexibility index (Phi) is 3.19. The van der Waals surface area contributed by atoms with Crippen LogP contribution < -0.4 is 4.90 Å². The Morgan fingerprint density at radius 3 is 2.64 bits per heavy atom. The molecule has 1 N–H and O–H groups in total. The van der Waals surface area contributed by atoms with E-state index in [0.29, 0.717) is 5.82 Å². The van der Waals surface area contributed by atoms with E-state index in [1.165, 1.54) is 25.2 Å². The van der Waals surface area contributed by atoms with E-state index in [1.807, 2.05) is 0 Å². The van der Waals surface area contributed by atoms with Crippen molar-refractivity contribution in [2.24, 2.45) is 0 Å². The molecule has 76 valence electrons. The zero-order valence-corrected chi connectivity index (χ0v) is 8.61. The highest BCUT2D eigenvalue weighted by Gasteiger charge is 2.25. The number of carbonyl (C=O) groups excluding carboxylic acids is 1. The molecule has 0 aliphatic carbocycles. The van der Waals surface area contributed by atoms with Crippen LogP contribution in [-0.4, -0.2) is 28.0 Å². The van der Waals surface area contributed by atoms with E-state index in [2.05, 4.69) is 4.98 Å². The summed E-state index contributed by atoms with van der Waals surface area (Å²) < 4.78 is 0. The predicted molar refractivity (Wildman–Crippen MR) is 52.4 cm³/mol. The molecule has 1 amide bonds. The summed E-state index contributed by atoms with van der Waals surface area (Å²) in [5, 5.41) is 10.4. The number of hydrogen-bond acceptors (Lipinski definition) is 4. The second-order valence-electron chi connectivity index (χ2n) is 2.75. The number of thiazole rings is 1. The largest absolute Gasteiger partial charge is 0.480 e. The molecule has 14 heavy (non-hydrogen) atoms. The fraction of sp³-hybridized carbons (Fsp3) is 0.375. The molecular formula is C8H10N2O3S. The molecule has 1 atom stereocenters. The van der Waals surface area contributed by atoms with Crippen LogP contribution in [0.15, 0.2) is 10.9 Å². The number of nitrogens with zero attached hydrogens (tertiary/aromatic N) is 2. The van der Waals surface area contributed by atoms with E-state index in [1.54, 1.807) is 10.9 Å². The minimum Gasteiger partial charge on any atom is -0.480 e. The number of carboxylic acid groups (broad SMARTS) is 1. The van der Waals surface area contributed by atoms with Gasteiger partial charge in [0.2, 0.25) is 5.91 Å². The molecule has 6 heteroatoms. The van der Waals surface area contributed by atoms with Crippen molar-refractivity contribution >= 4 is 29.0 Å². The molecule has 0 saturated carbocycles. The standard InChI is InChI=1S/C8H10N2O3S/c1-5(8(12)13)10(6(2)11)7-3-14-4-9-7/h3-5H,1-2H3,(H,12,13)/t5-/m0/s1. The van der Waals surface area contributed by atoms with Gasteiger partial charge in [-0.3, -0.25) is 9.69 Å². The van der Waals surface area contributed by atoms with Gasteiger partial charge in [0.25, 0.3) is 0 Å². The van der Waals surface area contributed by atoms with Gasteiger partial charge in [-0.05, 0) is 6.92 Å². The van der Waals surface area contributed by atoms with Gasteiger partial charge in [-0.1, -0.05) is 0 Å². The van der Waals surface area contributed by atoms with Gasteiger partial charge in [-0.25, -0.2) is 9.78 Å². The van der Waals surface area contributed by atoms with Crippen molar-refractivity contribution in [3.63, 3.8) is 0 Å². The van der Waals surface area contributed by atoms with Crippen LogP contribution >= 0.6 is 11.3 Å². The first kappa shape index (κ1) is 10.6. The zero-order chi connectivity index (χ0) is 10.7. The topological polar surface area (TPSA) is 70.5 Å². The molecule has 0 unspecified atom stereocenters. The number of aliphatic carboxylic acids is 1. The summed E-state index contributed by atoms with van der Waals surface area (Å²) in [6.07, 6.45) is 0. The predicted octanol–water partition coefficient (Wildman–Crippen LogP) is 0.969. The third-order valence-corrected chi connectivity index (χ3v) is 2.32. The average molecular weight is 214 g/mol. The Hall–Kier alpha value is -1.43. The quantitative estimate of drug-likeness (QED) is 0.813. The molecule has 0 saturated heterocycles. The highest BCUT2D eigenvalue weighted by atomic mass is 32.1. The Bertz CT molecular complexity index is 336. The summed E-state index contributed by atoms with van der Waals surface area (Å²) in [4.78, 5) is 27.0. The van der Waals surface area contributed by atoms with Crippen LogP contribution in [0.4, 0.5) is 5.82 Å². The number of carbonyl (C=O) groups is 2. The molecule has 0 spiro atoms. The third-order valence-electron chi connectivity index (χ3n) is 1.75. The molecular weight excluding hydrogens is 204 g/mol. The molecule has 0 aromatic carbocycles. The minimum absolute atomic E-state index is 0.328. The molecule has 0 aliphatic rings. The van der Waals surface area contributed by atoms with Gasteiger partial charge in [0.05, 0.1) is 5.51 Å². The molecule has 0 aliphatic heterocycles. The highest BCUT2D eigenvalue weighted by Crippen LogP contribution is 2.16. The van der Waals surface area contributed by atoms with Gasteiger partial charge in [-0.15, -0.1) is 11.3 Å². The fourth-order valence-corrected chi connectivity index (χ4v) is 1.59. The van der Waals surface area contributed by atoms with E-state index in [0.717, 1.165) is 4.90 Å². The lowest BCUT2D eigenvalue weighted by atomic mass is 10.3. The van der Waals surface area contributed by atoms with Crippen molar-refractivity contribution in [1.29, 1.82) is 0 Å². The van der Waals surface area contributed by atoms with Gasteiger partial charge in [0, 0.05) is 12.3 Å². The first-order chi connectivity index (χ1) is 6.54. The normalized spacial score (nSPS) is 12.1. The second kappa shape index (κ2) is 4.19. The third kappa shape index (κ3) is 2.08. The number of carboxylic acids is 1. The lowest BCUT2D eigenvalue weighted by molar-refractivity contribution is -0.139. The van der Waals surface area contributed by atoms with Gasteiger partial charge in [0.1, 0.15) is 11.9 Å². The second-order valence-corrected chi connectivity index (χ2v) is 3.47. The SMILES string of the molecule is CC(=O)N(c1cscn1)[C@@H](C)C(=O)O. The monoisotopic (exact) mass is 214 g/mol. The average Bonchev–Trinajstić information content (AvgIpc) is 2.56. The van der Waals surface area contributed by atoms with Gasteiger partial charge < -0.3 is 5.11 Å². The van der Waals surface area contributed by atoms with Crippen molar-refractivity contribution in [2.45, 2.75) is 19.9 Å². The van der Waals surface area contributed by atoms with Crippen LogP contribution in [0.5, 0.6) is 0 Å². The van der Waals surface area contributed by atoms with E-state index < -0.39 is 12.0 Å². The first-order valence-corrected chi connectivity index (χ1v) is 4.89. The fourth-order valence-electron chi connectivity index (χ4n) is 1.07. The number of rotatable bonds is 3. The van der Waals surface area contributed by atoms with Crippen LogP contribution in [-0.2, 0) is 9.59 Å². The smallest absolute Gasteiger partial charge is 0.326 e. The summed E-state index contributed by atoms with van der Waals surface area (Å²) in [5.41, 5.74) is 1.56. The molecule has 1 aromatic rings. The molecule has 0 fully saturated rings. The van der Waals surface area contributed by atoms with Crippen LogP contribution in [0.1, 0.15) is 13.8 Å². The molecule has 1 rings (SSSR count). The maximum Gasteiger partial charge on any atom is 0.326 e. The van der Waals surface area contributed by atoms with E-state index >= 15 is 0 Å². The van der Waals surface area contributed by atoms with Crippen molar-refractivity contribution in [2.75, 3.05) is 4.90 Å². The first-order valence-electron chi connectivity index (χ1n) is 3.95. The van der Waals surface area contributed by atoms with E-state index in [4.69, 9.17) is 5.11 Å². The Balaban J connectivity index is 2.97. The van der Waals surface area contributed by atoms with Gasteiger partial charge in [-0.2, -0.15) is 0 Å². The van der Waals surface area contributed by atoms with Crippen molar-refractivity contribution in [3.8, 4) is 0 Å². The summed E-state index contributed by atoms with van der Waals surface area (Å²) >= 11 is 1.32. The number of hydrogen-bond donors (Lipinski definition) is 1. The van der Waals surface area contributed by atoms with Gasteiger partial charge >= 0.3 is 5.97 Å². The lowest BCUT2D eigenvalue weighted by Crippen LogP contribution is -2.42. The maximum absolute atomic E-state index is 11.2. The maximum atomic E-state index is 11.2. The summed E-state index contributed by atoms with van der Waals surface area (Å²) in [5.74, 6) is -0.989. The molecule has 5 nitrogen and oxygen atoms in total. The molecule has 0 radical (unpaired) electrons. The highest BCUT2D eigenvalue weighted by molar-refractivity contribution is 7.07. The number of anilines is 1. The number of amides is 1. The van der Waals surface area contributed by atoms with Crippen LogP contribution in [0.2, 0.25) is 0 Å². The number of aromatic nitrogens is 1.